The van der Waals surface area contributed by atoms with E-state index in [4.69, 9.17) is 9.47 Å². The van der Waals surface area contributed by atoms with E-state index in [0.29, 0.717) is 17.3 Å². The van der Waals surface area contributed by atoms with E-state index in [1.807, 2.05) is 13.8 Å². The zero-order chi connectivity index (χ0) is 24.9. The Morgan fingerprint density at radius 1 is 1.03 bits per heavy atom. The fourth-order valence-corrected chi connectivity index (χ4v) is 4.10. The molecule has 3 rings (SSSR count). The number of hydrogen-bond acceptors (Lipinski definition) is 7. The van der Waals surface area contributed by atoms with E-state index >= 15 is 0 Å². The van der Waals surface area contributed by atoms with Crippen molar-refractivity contribution in [2.24, 2.45) is 0 Å². The third-order valence-electron chi connectivity index (χ3n) is 4.79. The van der Waals surface area contributed by atoms with Gasteiger partial charge in [-0.25, -0.2) is 17.9 Å². The van der Waals surface area contributed by atoms with Gasteiger partial charge in [-0.1, -0.05) is 6.07 Å². The monoisotopic (exact) mass is 486 g/mol. The van der Waals surface area contributed by atoms with E-state index < -0.39 is 28.0 Å². The van der Waals surface area contributed by atoms with Gasteiger partial charge in [-0.3, -0.25) is 9.52 Å². The third-order valence-corrected chi connectivity index (χ3v) is 6.16. The summed E-state index contributed by atoms with van der Waals surface area (Å²) < 4.78 is 39.9. The second-order valence-corrected chi connectivity index (χ2v) is 9.34. The number of carbonyl (C=O) groups is 2. The van der Waals surface area contributed by atoms with Crippen molar-refractivity contribution in [1.29, 1.82) is 0 Å². The lowest BCUT2D eigenvalue weighted by atomic mass is 10.2. The van der Waals surface area contributed by atoms with Gasteiger partial charge in [0.25, 0.3) is 15.9 Å². The van der Waals surface area contributed by atoms with Crippen LogP contribution >= 0.6 is 0 Å². The zero-order valence-corrected chi connectivity index (χ0v) is 20.0. The molecular formula is C23H26N4O6S. The van der Waals surface area contributed by atoms with Crippen molar-refractivity contribution in [2.75, 3.05) is 17.1 Å². The number of anilines is 2. The third kappa shape index (κ3) is 5.93. The molecule has 0 saturated heterocycles. The fourth-order valence-electron chi connectivity index (χ4n) is 3.00. The minimum Gasteiger partial charge on any atom is -0.497 e. The van der Waals surface area contributed by atoms with Gasteiger partial charge in [-0.05, 0) is 63.2 Å². The Labute approximate surface area is 197 Å². The van der Waals surface area contributed by atoms with E-state index in [-0.39, 0.29) is 16.5 Å². The maximum Gasteiger partial charge on any atom is 0.338 e. The quantitative estimate of drug-likeness (QED) is 0.443. The molecule has 2 aromatic carbocycles. The maximum atomic E-state index is 12.8. The minimum absolute atomic E-state index is 0.00974. The summed E-state index contributed by atoms with van der Waals surface area (Å²) in [7, 11) is -2.46. The van der Waals surface area contributed by atoms with Gasteiger partial charge in [-0.2, -0.15) is 5.10 Å². The number of amides is 1. The van der Waals surface area contributed by atoms with E-state index in [1.54, 1.807) is 41.2 Å². The predicted octanol–water partition coefficient (Wildman–Crippen LogP) is 3.46. The summed E-state index contributed by atoms with van der Waals surface area (Å²) in [5, 5.41) is 6.80. The van der Waals surface area contributed by atoms with Crippen LogP contribution in [0.4, 0.5) is 11.5 Å². The summed E-state index contributed by atoms with van der Waals surface area (Å²) in [5.41, 5.74) is 0.323. The lowest BCUT2D eigenvalue weighted by Crippen LogP contribution is -2.31. The van der Waals surface area contributed by atoms with E-state index in [9.17, 15) is 18.0 Å². The van der Waals surface area contributed by atoms with E-state index in [1.165, 1.54) is 38.3 Å². The van der Waals surface area contributed by atoms with Crippen molar-refractivity contribution in [3.63, 3.8) is 0 Å². The van der Waals surface area contributed by atoms with Crippen molar-refractivity contribution >= 4 is 33.4 Å². The largest absolute Gasteiger partial charge is 0.497 e. The van der Waals surface area contributed by atoms with Crippen LogP contribution < -0.4 is 14.8 Å². The molecule has 2 N–H and O–H groups in total. The molecule has 1 aromatic heterocycles. The Kier molecular flexibility index (Phi) is 7.57. The number of benzene rings is 2. The highest BCUT2D eigenvalue weighted by molar-refractivity contribution is 7.92. The highest BCUT2D eigenvalue weighted by atomic mass is 32.2. The van der Waals surface area contributed by atoms with Crippen molar-refractivity contribution in [2.45, 2.75) is 37.8 Å². The van der Waals surface area contributed by atoms with Crippen LogP contribution in [-0.4, -0.2) is 43.3 Å². The number of hydrogen-bond donors (Lipinski definition) is 2. The average molecular weight is 487 g/mol. The van der Waals surface area contributed by atoms with Gasteiger partial charge in [0.1, 0.15) is 11.6 Å². The van der Waals surface area contributed by atoms with Crippen LogP contribution in [0.5, 0.6) is 5.75 Å². The Morgan fingerprint density at radius 2 is 1.74 bits per heavy atom. The van der Waals surface area contributed by atoms with Crippen LogP contribution in [0.15, 0.2) is 65.7 Å². The molecule has 0 saturated carbocycles. The number of nitrogens with one attached hydrogen (secondary N) is 2. The number of aromatic nitrogens is 2. The molecule has 0 unspecified atom stereocenters. The molecule has 11 heteroatoms. The first-order valence-electron chi connectivity index (χ1n) is 10.4. The second kappa shape index (κ2) is 10.4. The van der Waals surface area contributed by atoms with Gasteiger partial charge in [-0.15, -0.1) is 0 Å². The van der Waals surface area contributed by atoms with Gasteiger partial charge in [0.2, 0.25) is 0 Å². The molecule has 0 radical (unpaired) electrons. The first kappa shape index (κ1) is 24.8. The number of esters is 1. The summed E-state index contributed by atoms with van der Waals surface area (Å²) in [4.78, 5) is 25.0. The van der Waals surface area contributed by atoms with Gasteiger partial charge in [0, 0.05) is 17.8 Å². The SMILES string of the molecule is COc1ccc(NS(=O)(=O)c2cccc(C(=O)O[C@H](C)C(=O)Nc3ccnn3C(C)C)c2)cc1. The molecule has 1 atom stereocenters. The Balaban J connectivity index is 1.68. The van der Waals surface area contributed by atoms with Crippen LogP contribution in [0.2, 0.25) is 0 Å². The molecule has 10 nitrogen and oxygen atoms in total. The highest BCUT2D eigenvalue weighted by Crippen LogP contribution is 2.21. The molecule has 0 bridgehead atoms. The molecule has 0 fully saturated rings. The average Bonchev–Trinajstić information content (AvgIpc) is 3.28. The summed E-state index contributed by atoms with van der Waals surface area (Å²) >= 11 is 0. The summed E-state index contributed by atoms with van der Waals surface area (Å²) in [6, 6.07) is 13.4. The van der Waals surface area contributed by atoms with Crippen molar-refractivity contribution in [3.05, 3.63) is 66.4 Å². The van der Waals surface area contributed by atoms with Crippen LogP contribution in [0.3, 0.4) is 0 Å². The standard InChI is InChI=1S/C23H26N4O6S/c1-15(2)27-21(12-13-24-27)25-22(28)16(3)33-23(29)17-6-5-7-20(14-17)34(30,31)26-18-8-10-19(32-4)11-9-18/h5-16,26H,1-4H3,(H,25,28)/t16-/m1/s1. The Hall–Kier alpha value is -3.86. The van der Waals surface area contributed by atoms with Gasteiger partial charge >= 0.3 is 5.97 Å². The van der Waals surface area contributed by atoms with Crippen LogP contribution in [-0.2, 0) is 19.6 Å². The van der Waals surface area contributed by atoms with E-state index in [0.717, 1.165) is 0 Å². The normalized spacial score (nSPS) is 12.1. The molecule has 1 heterocycles. The number of rotatable bonds is 9. The summed E-state index contributed by atoms with van der Waals surface area (Å²) in [6.07, 6.45) is 0.429. The second-order valence-electron chi connectivity index (χ2n) is 7.65. The van der Waals surface area contributed by atoms with Crippen LogP contribution in [0, 0.1) is 0 Å². The van der Waals surface area contributed by atoms with Crippen molar-refractivity contribution < 1.29 is 27.5 Å². The first-order chi connectivity index (χ1) is 16.1. The highest BCUT2D eigenvalue weighted by Gasteiger charge is 2.22. The molecule has 0 spiro atoms. The topological polar surface area (TPSA) is 129 Å². The minimum atomic E-state index is -3.97. The maximum absolute atomic E-state index is 12.8. The fraction of sp³-hybridized carbons (Fsp3) is 0.261. The lowest BCUT2D eigenvalue weighted by Gasteiger charge is -2.16. The summed E-state index contributed by atoms with van der Waals surface area (Å²) in [6.45, 7) is 5.25. The Bertz CT molecular complexity index is 1270. The molecule has 3 aromatic rings. The number of ether oxygens (including phenoxy) is 2. The zero-order valence-electron chi connectivity index (χ0n) is 19.2. The number of methoxy groups -OCH3 is 1. The number of nitrogens with zero attached hydrogens (tertiary/aromatic N) is 2. The number of carbonyl (C=O) groups excluding carboxylic acids is 2. The Morgan fingerprint density at radius 3 is 2.38 bits per heavy atom. The molecule has 1 amide bonds. The molecule has 0 aliphatic heterocycles. The van der Waals surface area contributed by atoms with Gasteiger partial charge < -0.3 is 14.8 Å². The lowest BCUT2D eigenvalue weighted by molar-refractivity contribution is -0.123. The molecule has 0 aliphatic rings. The van der Waals surface area contributed by atoms with Crippen molar-refractivity contribution in [3.8, 4) is 5.75 Å². The van der Waals surface area contributed by atoms with Gasteiger partial charge in [0.05, 0.1) is 23.8 Å². The molecule has 0 aliphatic carbocycles. The molecule has 180 valence electrons. The predicted molar refractivity (Wildman–Crippen MR) is 126 cm³/mol. The van der Waals surface area contributed by atoms with Crippen molar-refractivity contribution in [1.82, 2.24) is 9.78 Å². The smallest absolute Gasteiger partial charge is 0.338 e. The van der Waals surface area contributed by atoms with Gasteiger partial charge in [0.15, 0.2) is 6.10 Å². The van der Waals surface area contributed by atoms with E-state index in [2.05, 4.69) is 15.1 Å². The van der Waals surface area contributed by atoms with Crippen LogP contribution in [0.25, 0.3) is 0 Å². The molecule has 34 heavy (non-hydrogen) atoms. The van der Waals surface area contributed by atoms with Crippen LogP contribution in [0.1, 0.15) is 37.2 Å². The molecular weight excluding hydrogens is 460 g/mol. The summed E-state index contributed by atoms with van der Waals surface area (Å²) in [5.74, 6) is -0.317. The number of sulfonamides is 1. The first-order valence-corrected chi connectivity index (χ1v) is 11.9.